The minimum absolute atomic E-state index is 0.0281. The monoisotopic (exact) mass is 374 g/mol. The van der Waals surface area contributed by atoms with Crippen molar-refractivity contribution in [3.8, 4) is 11.5 Å². The van der Waals surface area contributed by atoms with E-state index in [0.29, 0.717) is 34.3 Å². The summed E-state index contributed by atoms with van der Waals surface area (Å²) in [4.78, 5) is 12.2. The Kier molecular flexibility index (Phi) is 7.04. The summed E-state index contributed by atoms with van der Waals surface area (Å²) in [5.41, 5.74) is 4.68. The molecule has 2 aromatic carbocycles. The van der Waals surface area contributed by atoms with Crippen LogP contribution in [0.25, 0.3) is 0 Å². The molecule has 1 amide bonds. The first-order valence-electron chi connectivity index (χ1n) is 8.44. The van der Waals surface area contributed by atoms with Gasteiger partial charge in [-0.2, -0.15) is 5.10 Å². The number of hydrogen-bond donors (Lipinski definition) is 1. The maximum atomic E-state index is 12.2. The van der Waals surface area contributed by atoms with Gasteiger partial charge in [0.25, 0.3) is 5.91 Å². The van der Waals surface area contributed by atoms with E-state index in [-0.39, 0.29) is 12.0 Å². The van der Waals surface area contributed by atoms with E-state index < -0.39 is 0 Å². The Balaban J connectivity index is 2.17. The van der Waals surface area contributed by atoms with Gasteiger partial charge in [-0.1, -0.05) is 29.8 Å². The first-order valence-corrected chi connectivity index (χ1v) is 8.82. The Morgan fingerprint density at radius 3 is 2.69 bits per heavy atom. The first kappa shape index (κ1) is 19.8. The molecule has 0 spiro atoms. The van der Waals surface area contributed by atoms with Gasteiger partial charge < -0.3 is 9.47 Å². The Morgan fingerprint density at radius 2 is 2.04 bits per heavy atom. The number of nitrogens with one attached hydrogen (secondary N) is 1. The third-order valence-corrected chi connectivity index (χ3v) is 3.74. The molecule has 0 saturated carbocycles. The maximum Gasteiger partial charge on any atom is 0.271 e. The fraction of sp³-hybridized carbons (Fsp3) is 0.300. The van der Waals surface area contributed by atoms with E-state index in [4.69, 9.17) is 21.1 Å². The van der Waals surface area contributed by atoms with Crippen molar-refractivity contribution < 1.29 is 14.3 Å². The van der Waals surface area contributed by atoms with Gasteiger partial charge in [-0.3, -0.25) is 4.79 Å². The molecule has 0 radical (unpaired) electrons. The average molecular weight is 375 g/mol. The molecule has 2 rings (SSSR count). The Labute approximate surface area is 159 Å². The molecular weight excluding hydrogens is 352 g/mol. The van der Waals surface area contributed by atoms with Crippen LogP contribution in [0.3, 0.4) is 0 Å². The molecule has 0 aromatic heterocycles. The summed E-state index contributed by atoms with van der Waals surface area (Å²) in [6, 6.07) is 10.8. The molecule has 0 heterocycles. The van der Waals surface area contributed by atoms with Gasteiger partial charge in [0, 0.05) is 5.56 Å². The molecule has 1 N–H and O–H groups in total. The van der Waals surface area contributed by atoms with Crippen LogP contribution in [0.5, 0.6) is 11.5 Å². The van der Waals surface area contributed by atoms with Gasteiger partial charge in [0.15, 0.2) is 11.5 Å². The van der Waals surface area contributed by atoms with Crippen LogP contribution in [-0.4, -0.2) is 24.8 Å². The zero-order valence-electron chi connectivity index (χ0n) is 15.4. The third-order valence-electron chi connectivity index (χ3n) is 3.45. The van der Waals surface area contributed by atoms with Crippen LogP contribution in [0.1, 0.15) is 42.3 Å². The lowest BCUT2D eigenvalue weighted by Crippen LogP contribution is -2.18. The highest BCUT2D eigenvalue weighted by atomic mass is 35.5. The molecule has 26 heavy (non-hydrogen) atoms. The van der Waals surface area contributed by atoms with E-state index in [9.17, 15) is 4.79 Å². The van der Waals surface area contributed by atoms with Crippen LogP contribution >= 0.6 is 11.6 Å². The minimum atomic E-state index is -0.268. The molecule has 138 valence electrons. The lowest BCUT2D eigenvalue weighted by Gasteiger charge is -2.16. The maximum absolute atomic E-state index is 12.2. The van der Waals surface area contributed by atoms with Crippen molar-refractivity contribution >= 4 is 23.7 Å². The van der Waals surface area contributed by atoms with E-state index in [1.807, 2.05) is 45.9 Å². The summed E-state index contributed by atoms with van der Waals surface area (Å²) in [5, 5.41) is 4.44. The number of amides is 1. The van der Waals surface area contributed by atoms with Crippen molar-refractivity contribution in [3.05, 3.63) is 58.1 Å². The number of halogens is 1. The molecule has 0 atom stereocenters. The molecule has 0 aliphatic rings. The molecule has 5 nitrogen and oxygen atoms in total. The number of nitrogens with zero attached hydrogens (tertiary/aromatic N) is 1. The Morgan fingerprint density at radius 1 is 1.31 bits per heavy atom. The fourth-order valence-electron chi connectivity index (χ4n) is 2.33. The molecule has 0 aliphatic heterocycles. The van der Waals surface area contributed by atoms with E-state index in [1.165, 1.54) is 6.21 Å². The predicted molar refractivity (Wildman–Crippen MR) is 105 cm³/mol. The highest BCUT2D eigenvalue weighted by Gasteiger charge is 2.13. The number of aryl methyl sites for hydroxylation is 1. The topological polar surface area (TPSA) is 59.9 Å². The minimum Gasteiger partial charge on any atom is -0.490 e. The predicted octanol–water partition coefficient (Wildman–Crippen LogP) is 4.60. The number of rotatable bonds is 7. The van der Waals surface area contributed by atoms with Crippen LogP contribution in [-0.2, 0) is 0 Å². The highest BCUT2D eigenvalue weighted by molar-refractivity contribution is 6.32. The van der Waals surface area contributed by atoms with E-state index in [1.54, 1.807) is 18.2 Å². The lowest BCUT2D eigenvalue weighted by atomic mass is 10.1. The summed E-state index contributed by atoms with van der Waals surface area (Å²) in [6.45, 7) is 8.08. The van der Waals surface area contributed by atoms with E-state index >= 15 is 0 Å². The molecular formula is C20H23ClN2O3. The van der Waals surface area contributed by atoms with Crippen LogP contribution in [0, 0.1) is 6.92 Å². The second kappa shape index (κ2) is 9.25. The molecule has 0 fully saturated rings. The summed E-state index contributed by atoms with van der Waals surface area (Å²) in [5.74, 6) is 0.778. The molecule has 2 aromatic rings. The number of hydrazone groups is 1. The zero-order valence-corrected chi connectivity index (χ0v) is 16.1. The quantitative estimate of drug-likeness (QED) is 0.569. The molecule has 6 heteroatoms. The van der Waals surface area contributed by atoms with Gasteiger partial charge in [0.1, 0.15) is 0 Å². The van der Waals surface area contributed by atoms with Crippen LogP contribution in [0.15, 0.2) is 41.5 Å². The molecule has 0 aliphatic carbocycles. The summed E-state index contributed by atoms with van der Waals surface area (Å²) >= 11 is 6.32. The second-order valence-corrected chi connectivity index (χ2v) is 6.35. The van der Waals surface area contributed by atoms with Crippen molar-refractivity contribution in [2.45, 2.75) is 33.8 Å². The molecule has 0 bridgehead atoms. The van der Waals surface area contributed by atoms with Crippen molar-refractivity contribution in [1.82, 2.24) is 5.43 Å². The van der Waals surface area contributed by atoms with Crippen molar-refractivity contribution in [2.24, 2.45) is 5.10 Å². The lowest BCUT2D eigenvalue weighted by molar-refractivity contribution is 0.0954. The summed E-state index contributed by atoms with van der Waals surface area (Å²) in [6.07, 6.45) is 1.49. The normalized spacial score (nSPS) is 11.0. The van der Waals surface area contributed by atoms with E-state index in [2.05, 4.69) is 10.5 Å². The highest BCUT2D eigenvalue weighted by Crippen LogP contribution is 2.37. The standard InChI is InChI=1S/C20H23ClN2O3/c1-5-25-18-11-15(10-17(21)19(18)26-13(2)3)12-22-23-20(24)16-9-7-6-8-14(16)4/h6-13H,5H2,1-4H3,(H,23,24)/b22-12-. The third kappa shape index (κ3) is 5.23. The van der Waals surface area contributed by atoms with E-state index in [0.717, 1.165) is 5.56 Å². The van der Waals surface area contributed by atoms with Crippen molar-refractivity contribution in [3.63, 3.8) is 0 Å². The zero-order chi connectivity index (χ0) is 19.1. The van der Waals surface area contributed by atoms with Crippen LogP contribution < -0.4 is 14.9 Å². The Bertz CT molecular complexity index is 804. The second-order valence-electron chi connectivity index (χ2n) is 5.94. The summed E-state index contributed by atoms with van der Waals surface area (Å²) in [7, 11) is 0. The van der Waals surface area contributed by atoms with Crippen molar-refractivity contribution in [1.29, 1.82) is 0 Å². The van der Waals surface area contributed by atoms with Gasteiger partial charge in [0.2, 0.25) is 0 Å². The van der Waals surface area contributed by atoms with Crippen molar-refractivity contribution in [2.75, 3.05) is 6.61 Å². The van der Waals surface area contributed by atoms with Gasteiger partial charge in [0.05, 0.1) is 23.9 Å². The number of benzene rings is 2. The van der Waals surface area contributed by atoms with Gasteiger partial charge in [-0.25, -0.2) is 5.43 Å². The van der Waals surface area contributed by atoms with Gasteiger partial charge in [-0.05, 0) is 57.0 Å². The first-order chi connectivity index (χ1) is 12.4. The largest absolute Gasteiger partial charge is 0.490 e. The van der Waals surface area contributed by atoms with Crippen LogP contribution in [0.2, 0.25) is 5.02 Å². The molecule has 0 unspecified atom stereocenters. The smallest absolute Gasteiger partial charge is 0.271 e. The van der Waals surface area contributed by atoms with Gasteiger partial charge in [-0.15, -0.1) is 0 Å². The number of ether oxygens (including phenoxy) is 2. The summed E-state index contributed by atoms with van der Waals surface area (Å²) < 4.78 is 11.3. The average Bonchev–Trinajstić information content (AvgIpc) is 2.58. The Hall–Kier alpha value is -2.53. The van der Waals surface area contributed by atoms with Crippen LogP contribution in [0.4, 0.5) is 0 Å². The number of hydrogen-bond acceptors (Lipinski definition) is 4. The number of carbonyl (C=O) groups is 1. The SMILES string of the molecule is CCOc1cc(/C=N\NC(=O)c2ccccc2C)cc(Cl)c1OC(C)C. The molecule has 0 saturated heterocycles. The fourth-order valence-corrected chi connectivity index (χ4v) is 2.59. The number of carbonyl (C=O) groups excluding carboxylic acids is 1. The van der Waals surface area contributed by atoms with Gasteiger partial charge >= 0.3 is 0 Å².